The number of aromatic nitrogens is 1. The van der Waals surface area contributed by atoms with Crippen LogP contribution in [0, 0.1) is 5.82 Å². The standard InChI is InChI=1S/C22H21FN2O.C4H4O4/c23-18-5-6-20-21(14-18)26-24-22(20)15-7-10-25(11-8-15)12-9-17-13-16-3-1-2-4-19(16)17;5-3(6)1-2-4(7)8/h1-6,13-15H,7-12H2;1-2H,(H,5,6)(H,7,8)/b;2-1+. The van der Waals surface area contributed by atoms with Gasteiger partial charge in [0.1, 0.15) is 5.82 Å². The number of likely N-dealkylation sites (tertiary alicyclic amines) is 1. The molecule has 0 saturated carbocycles. The first-order chi connectivity index (χ1) is 16.4. The number of hydrogen-bond acceptors (Lipinski definition) is 5. The summed E-state index contributed by atoms with van der Waals surface area (Å²) >= 11 is 0. The van der Waals surface area contributed by atoms with Crippen LogP contribution in [0.2, 0.25) is 0 Å². The van der Waals surface area contributed by atoms with Crippen LogP contribution in [0.4, 0.5) is 4.39 Å². The highest BCUT2D eigenvalue weighted by atomic mass is 19.1. The van der Waals surface area contributed by atoms with Crippen LogP contribution in [0.15, 0.2) is 59.1 Å². The summed E-state index contributed by atoms with van der Waals surface area (Å²) in [5, 5.41) is 20.8. The van der Waals surface area contributed by atoms with E-state index in [0.29, 0.717) is 23.7 Å². The Labute approximate surface area is 195 Å². The molecule has 0 atom stereocenters. The van der Waals surface area contributed by atoms with Gasteiger partial charge in [0.25, 0.3) is 0 Å². The molecule has 1 fully saturated rings. The number of aliphatic carboxylic acids is 2. The first kappa shape index (κ1) is 23.4. The number of carboxylic acids is 2. The second-order valence-electron chi connectivity index (χ2n) is 8.34. The number of halogens is 1. The molecule has 0 spiro atoms. The van der Waals surface area contributed by atoms with E-state index in [1.165, 1.54) is 28.8 Å². The summed E-state index contributed by atoms with van der Waals surface area (Å²) in [6.07, 6.45) is 6.70. The van der Waals surface area contributed by atoms with Gasteiger partial charge in [0.05, 0.1) is 5.69 Å². The minimum Gasteiger partial charge on any atom is -0.478 e. The Hall–Kier alpha value is -3.78. The number of fused-ring (bicyclic) bond motifs is 2. The van der Waals surface area contributed by atoms with Gasteiger partial charge >= 0.3 is 11.9 Å². The van der Waals surface area contributed by atoms with Gasteiger partial charge in [0, 0.05) is 36.1 Å². The maximum absolute atomic E-state index is 13.3. The molecule has 1 aromatic heterocycles. The zero-order chi connectivity index (χ0) is 24.1. The summed E-state index contributed by atoms with van der Waals surface area (Å²) in [6.45, 7) is 3.27. The lowest BCUT2D eigenvalue weighted by molar-refractivity contribution is -0.134. The Morgan fingerprint density at radius 3 is 2.47 bits per heavy atom. The summed E-state index contributed by atoms with van der Waals surface area (Å²) in [5.41, 5.74) is 5.82. The molecule has 1 aliphatic carbocycles. The molecule has 34 heavy (non-hydrogen) atoms. The van der Waals surface area contributed by atoms with Crippen molar-refractivity contribution in [3.8, 4) is 0 Å². The van der Waals surface area contributed by atoms with E-state index in [9.17, 15) is 14.0 Å². The van der Waals surface area contributed by atoms with Gasteiger partial charge in [0.15, 0.2) is 5.58 Å². The molecule has 0 bridgehead atoms. The van der Waals surface area contributed by atoms with Crippen LogP contribution in [0.1, 0.15) is 42.0 Å². The fourth-order valence-electron chi connectivity index (χ4n) is 4.39. The van der Waals surface area contributed by atoms with Gasteiger partial charge in [-0.3, -0.25) is 0 Å². The van der Waals surface area contributed by atoms with Gasteiger partial charge in [0.2, 0.25) is 0 Å². The van der Waals surface area contributed by atoms with E-state index in [2.05, 4.69) is 40.4 Å². The van der Waals surface area contributed by atoms with Crippen molar-refractivity contribution in [3.63, 3.8) is 0 Å². The van der Waals surface area contributed by atoms with E-state index >= 15 is 0 Å². The van der Waals surface area contributed by atoms with Crippen LogP contribution in [-0.4, -0.2) is 51.8 Å². The minimum atomic E-state index is -1.26. The van der Waals surface area contributed by atoms with Crippen molar-refractivity contribution in [2.45, 2.75) is 25.2 Å². The quantitative estimate of drug-likeness (QED) is 0.505. The molecular formula is C26H25FN2O5. The van der Waals surface area contributed by atoms with Gasteiger partial charge < -0.3 is 19.6 Å². The lowest BCUT2D eigenvalue weighted by Crippen LogP contribution is -2.34. The molecule has 2 heterocycles. The molecule has 2 aromatic carbocycles. The van der Waals surface area contributed by atoms with Gasteiger partial charge in [-0.25, -0.2) is 14.0 Å². The van der Waals surface area contributed by atoms with E-state index in [-0.39, 0.29) is 5.82 Å². The van der Waals surface area contributed by atoms with Crippen LogP contribution in [0.5, 0.6) is 0 Å². The highest BCUT2D eigenvalue weighted by molar-refractivity contribution is 5.95. The first-order valence-corrected chi connectivity index (χ1v) is 11.1. The molecule has 5 rings (SSSR count). The van der Waals surface area contributed by atoms with Crippen molar-refractivity contribution in [2.24, 2.45) is 0 Å². The number of piperidine rings is 1. The maximum atomic E-state index is 13.3. The molecule has 2 aliphatic rings. The summed E-state index contributed by atoms with van der Waals surface area (Å²) in [7, 11) is 0. The topological polar surface area (TPSA) is 104 Å². The number of nitrogens with zero attached hydrogens (tertiary/aromatic N) is 2. The van der Waals surface area contributed by atoms with Crippen molar-refractivity contribution in [1.29, 1.82) is 0 Å². The van der Waals surface area contributed by atoms with Crippen molar-refractivity contribution in [2.75, 3.05) is 19.6 Å². The smallest absolute Gasteiger partial charge is 0.328 e. The number of carbonyl (C=O) groups is 2. The monoisotopic (exact) mass is 464 g/mol. The number of hydrogen-bond donors (Lipinski definition) is 2. The highest BCUT2D eigenvalue weighted by Crippen LogP contribution is 2.36. The third-order valence-corrected chi connectivity index (χ3v) is 6.14. The predicted molar refractivity (Wildman–Crippen MR) is 126 cm³/mol. The van der Waals surface area contributed by atoms with E-state index < -0.39 is 11.9 Å². The Morgan fingerprint density at radius 1 is 1.09 bits per heavy atom. The molecule has 1 aliphatic heterocycles. The average Bonchev–Trinajstić information content (AvgIpc) is 3.22. The van der Waals surface area contributed by atoms with Crippen LogP contribution < -0.4 is 0 Å². The molecule has 2 N–H and O–H groups in total. The lowest BCUT2D eigenvalue weighted by atomic mass is 9.86. The van der Waals surface area contributed by atoms with E-state index in [0.717, 1.165) is 50.0 Å². The van der Waals surface area contributed by atoms with Gasteiger partial charge in [-0.05, 0) is 61.2 Å². The largest absolute Gasteiger partial charge is 0.478 e. The SMILES string of the molecule is Fc1ccc2c(C3CCN(CCC4=Cc5ccccc54)CC3)noc2c1.O=C(O)/C=C/C(=O)O. The van der Waals surface area contributed by atoms with Crippen LogP contribution in [0.3, 0.4) is 0 Å². The summed E-state index contributed by atoms with van der Waals surface area (Å²) < 4.78 is 18.7. The van der Waals surface area contributed by atoms with Crippen molar-refractivity contribution in [3.05, 3.63) is 77.3 Å². The number of benzene rings is 2. The fraction of sp³-hybridized carbons (Fsp3) is 0.269. The zero-order valence-corrected chi connectivity index (χ0v) is 18.5. The summed E-state index contributed by atoms with van der Waals surface area (Å²) in [4.78, 5) is 21.6. The highest BCUT2D eigenvalue weighted by Gasteiger charge is 2.25. The summed E-state index contributed by atoms with van der Waals surface area (Å²) in [6, 6.07) is 13.3. The Balaban J connectivity index is 0.000000297. The second-order valence-corrected chi connectivity index (χ2v) is 8.34. The number of carboxylic acid groups (broad SMARTS) is 2. The van der Waals surface area contributed by atoms with Crippen molar-refractivity contribution < 1.29 is 28.7 Å². The van der Waals surface area contributed by atoms with E-state index in [1.54, 1.807) is 6.07 Å². The van der Waals surface area contributed by atoms with Crippen LogP contribution in [0.25, 0.3) is 22.6 Å². The zero-order valence-electron chi connectivity index (χ0n) is 18.5. The Morgan fingerprint density at radius 2 is 1.79 bits per heavy atom. The molecule has 3 aromatic rings. The van der Waals surface area contributed by atoms with E-state index in [4.69, 9.17) is 14.7 Å². The molecule has 1 saturated heterocycles. The van der Waals surface area contributed by atoms with Gasteiger partial charge in [-0.2, -0.15) is 0 Å². The average molecular weight is 464 g/mol. The van der Waals surface area contributed by atoms with Crippen molar-refractivity contribution >= 4 is 34.6 Å². The maximum Gasteiger partial charge on any atom is 0.328 e. The Bertz CT molecular complexity index is 1240. The van der Waals surface area contributed by atoms with E-state index in [1.807, 2.05) is 0 Å². The van der Waals surface area contributed by atoms with Crippen LogP contribution in [-0.2, 0) is 9.59 Å². The van der Waals surface area contributed by atoms with Gasteiger partial charge in [-0.1, -0.05) is 35.5 Å². The Kier molecular flexibility index (Phi) is 7.18. The normalized spacial score (nSPS) is 15.9. The lowest BCUT2D eigenvalue weighted by Gasteiger charge is -2.32. The fourth-order valence-corrected chi connectivity index (χ4v) is 4.39. The molecule has 8 heteroatoms. The van der Waals surface area contributed by atoms with Crippen molar-refractivity contribution in [1.82, 2.24) is 10.1 Å². The van der Waals surface area contributed by atoms with Crippen LogP contribution >= 0.6 is 0 Å². The second kappa shape index (κ2) is 10.4. The third kappa shape index (κ3) is 5.58. The molecule has 0 unspecified atom stereocenters. The molecular weight excluding hydrogens is 439 g/mol. The number of rotatable bonds is 6. The summed E-state index contributed by atoms with van der Waals surface area (Å²) in [5.74, 6) is -2.39. The molecule has 0 radical (unpaired) electrons. The predicted octanol–water partition coefficient (Wildman–Crippen LogP) is 4.80. The minimum absolute atomic E-state index is 0.276. The first-order valence-electron chi connectivity index (χ1n) is 11.1. The molecule has 0 amide bonds. The molecule has 176 valence electrons. The third-order valence-electron chi connectivity index (χ3n) is 6.14. The molecule has 7 nitrogen and oxygen atoms in total. The van der Waals surface area contributed by atoms with Gasteiger partial charge in [-0.15, -0.1) is 0 Å².